The molecule has 0 aliphatic heterocycles. The van der Waals surface area contributed by atoms with Gasteiger partial charge in [0.05, 0.1) is 10.9 Å². The number of carbonyl (C=O) groups excluding carboxylic acids is 1. The number of carbonyl (C=O) groups is 1. The molecule has 0 fully saturated rings. The van der Waals surface area contributed by atoms with Gasteiger partial charge in [-0.2, -0.15) is 0 Å². The molecule has 0 spiro atoms. The molecule has 2 N–H and O–H groups in total. The highest BCUT2D eigenvalue weighted by Crippen LogP contribution is 2.03. The van der Waals surface area contributed by atoms with Crippen LogP contribution in [-0.2, 0) is 4.79 Å². The first-order valence-electron chi connectivity index (χ1n) is 5.05. The van der Waals surface area contributed by atoms with E-state index in [0.717, 1.165) is 25.8 Å². The van der Waals surface area contributed by atoms with Gasteiger partial charge in [0.15, 0.2) is 0 Å². The van der Waals surface area contributed by atoms with Crippen LogP contribution in [0.3, 0.4) is 0 Å². The third-order valence-electron chi connectivity index (χ3n) is 2.27. The van der Waals surface area contributed by atoms with Crippen LogP contribution < -0.4 is 5.73 Å². The van der Waals surface area contributed by atoms with Gasteiger partial charge < -0.3 is 10.6 Å². The number of nitrogens with zero attached hydrogens (tertiary/aromatic N) is 1. The van der Waals surface area contributed by atoms with Crippen molar-refractivity contribution in [2.24, 2.45) is 11.7 Å². The Morgan fingerprint density at radius 3 is 2.50 bits per heavy atom. The van der Waals surface area contributed by atoms with Crippen molar-refractivity contribution in [3.8, 4) is 0 Å². The summed E-state index contributed by atoms with van der Waals surface area (Å²) in [5, 5.41) is 0. The number of nitrogens with two attached hydrogens (primary N) is 1. The van der Waals surface area contributed by atoms with Crippen molar-refractivity contribution in [1.82, 2.24) is 4.90 Å². The zero-order valence-corrected chi connectivity index (χ0v) is 10.1. The molecule has 0 aromatic carbocycles. The number of hydrogen-bond acceptors (Lipinski definition) is 2. The molecule has 0 aliphatic rings. The Morgan fingerprint density at radius 1 is 1.50 bits per heavy atom. The van der Waals surface area contributed by atoms with E-state index in [1.165, 1.54) is 0 Å². The topological polar surface area (TPSA) is 46.3 Å². The minimum absolute atomic E-state index is 0.0219. The maximum Gasteiger partial charge on any atom is 0.231 e. The third-order valence-corrected chi connectivity index (χ3v) is 2.62. The van der Waals surface area contributed by atoms with E-state index < -0.39 is 0 Å². The third kappa shape index (κ3) is 4.56. The van der Waals surface area contributed by atoms with Gasteiger partial charge in [0.25, 0.3) is 0 Å². The molecule has 0 aromatic heterocycles. The van der Waals surface area contributed by atoms with Crippen LogP contribution in [0.2, 0.25) is 0 Å². The summed E-state index contributed by atoms with van der Waals surface area (Å²) in [6.07, 6.45) is 3.36. The first kappa shape index (κ1) is 13.4. The van der Waals surface area contributed by atoms with Gasteiger partial charge in [-0.3, -0.25) is 4.79 Å². The van der Waals surface area contributed by atoms with E-state index in [1.807, 2.05) is 0 Å². The normalized spacial score (nSPS) is 12.2. The Labute approximate surface area is 91.6 Å². The molecule has 0 radical (unpaired) electrons. The van der Waals surface area contributed by atoms with Gasteiger partial charge >= 0.3 is 0 Å². The van der Waals surface area contributed by atoms with Gasteiger partial charge in [-0.25, -0.2) is 0 Å². The standard InChI is InChI=1S/C10H20N2OS/c1-4-5-6-7-12(3)10(13)8(2)9(11)14/h8H,4-7H2,1-3H3,(H2,11,14). The molecule has 0 aromatic rings. The SMILES string of the molecule is CCCCCN(C)C(=O)C(C)C(N)=S. The Balaban J connectivity index is 3.92. The lowest BCUT2D eigenvalue weighted by atomic mass is 10.1. The van der Waals surface area contributed by atoms with E-state index in [0.29, 0.717) is 0 Å². The van der Waals surface area contributed by atoms with E-state index in [9.17, 15) is 4.79 Å². The van der Waals surface area contributed by atoms with Crippen molar-refractivity contribution < 1.29 is 4.79 Å². The molecule has 0 saturated heterocycles. The summed E-state index contributed by atoms with van der Waals surface area (Å²) in [4.78, 5) is 13.6. The molecule has 14 heavy (non-hydrogen) atoms. The van der Waals surface area contributed by atoms with Gasteiger partial charge in [0.1, 0.15) is 0 Å². The molecule has 0 heterocycles. The maximum atomic E-state index is 11.6. The summed E-state index contributed by atoms with van der Waals surface area (Å²) < 4.78 is 0. The van der Waals surface area contributed by atoms with E-state index in [1.54, 1.807) is 18.9 Å². The van der Waals surface area contributed by atoms with Crippen LogP contribution in [0.15, 0.2) is 0 Å². The molecule has 1 amide bonds. The van der Waals surface area contributed by atoms with E-state index in [4.69, 9.17) is 18.0 Å². The minimum atomic E-state index is -0.336. The molecule has 82 valence electrons. The lowest BCUT2D eigenvalue weighted by molar-refractivity contribution is -0.131. The molecule has 4 heteroatoms. The van der Waals surface area contributed by atoms with Gasteiger partial charge in [0.2, 0.25) is 5.91 Å². The van der Waals surface area contributed by atoms with Crippen LogP contribution in [0.5, 0.6) is 0 Å². The van der Waals surface area contributed by atoms with Crippen LogP contribution in [0, 0.1) is 5.92 Å². The predicted octanol–water partition coefficient (Wildman–Crippen LogP) is 1.56. The number of amides is 1. The molecule has 0 rings (SSSR count). The van der Waals surface area contributed by atoms with Crippen LogP contribution in [0.25, 0.3) is 0 Å². The van der Waals surface area contributed by atoms with Crippen molar-refractivity contribution in [3.05, 3.63) is 0 Å². The van der Waals surface area contributed by atoms with Crippen molar-refractivity contribution in [2.45, 2.75) is 33.1 Å². The fourth-order valence-corrected chi connectivity index (χ4v) is 1.26. The molecular formula is C10H20N2OS. The summed E-state index contributed by atoms with van der Waals surface area (Å²) in [6, 6.07) is 0. The van der Waals surface area contributed by atoms with Crippen molar-refractivity contribution in [2.75, 3.05) is 13.6 Å². The summed E-state index contributed by atoms with van der Waals surface area (Å²) in [5.74, 6) is -0.315. The van der Waals surface area contributed by atoms with Crippen molar-refractivity contribution >= 4 is 23.1 Å². The average Bonchev–Trinajstić information content (AvgIpc) is 2.15. The van der Waals surface area contributed by atoms with E-state index >= 15 is 0 Å². The Hall–Kier alpha value is -0.640. The van der Waals surface area contributed by atoms with Gasteiger partial charge in [-0.15, -0.1) is 0 Å². The van der Waals surface area contributed by atoms with Crippen molar-refractivity contribution in [1.29, 1.82) is 0 Å². The Kier molecular flexibility index (Phi) is 6.45. The molecule has 0 aliphatic carbocycles. The quantitative estimate of drug-likeness (QED) is 0.541. The minimum Gasteiger partial charge on any atom is -0.393 e. The first-order chi connectivity index (χ1) is 6.50. The monoisotopic (exact) mass is 216 g/mol. The maximum absolute atomic E-state index is 11.6. The highest BCUT2D eigenvalue weighted by atomic mass is 32.1. The molecule has 0 bridgehead atoms. The summed E-state index contributed by atoms with van der Waals surface area (Å²) in [7, 11) is 1.80. The van der Waals surface area contributed by atoms with E-state index in [-0.39, 0.29) is 16.8 Å². The predicted molar refractivity (Wildman–Crippen MR) is 63.1 cm³/mol. The molecular weight excluding hydrogens is 196 g/mol. The Bertz CT molecular complexity index is 206. The molecule has 0 saturated carbocycles. The average molecular weight is 216 g/mol. The zero-order valence-electron chi connectivity index (χ0n) is 9.25. The fraction of sp³-hybridized carbons (Fsp3) is 0.800. The number of rotatable bonds is 6. The number of thiocarbonyl (C=S) groups is 1. The highest BCUT2D eigenvalue weighted by molar-refractivity contribution is 7.80. The molecule has 1 atom stereocenters. The lowest BCUT2D eigenvalue weighted by Crippen LogP contribution is -2.37. The van der Waals surface area contributed by atoms with Crippen LogP contribution >= 0.6 is 12.2 Å². The molecule has 3 nitrogen and oxygen atoms in total. The van der Waals surface area contributed by atoms with Crippen LogP contribution in [0.1, 0.15) is 33.1 Å². The summed E-state index contributed by atoms with van der Waals surface area (Å²) >= 11 is 4.78. The first-order valence-corrected chi connectivity index (χ1v) is 5.45. The number of hydrogen-bond donors (Lipinski definition) is 1. The summed E-state index contributed by atoms with van der Waals surface area (Å²) in [5.41, 5.74) is 5.41. The lowest BCUT2D eigenvalue weighted by Gasteiger charge is -2.20. The van der Waals surface area contributed by atoms with Gasteiger partial charge in [0, 0.05) is 13.6 Å². The van der Waals surface area contributed by atoms with Gasteiger partial charge in [-0.05, 0) is 13.3 Å². The molecule has 1 unspecified atom stereocenters. The highest BCUT2D eigenvalue weighted by Gasteiger charge is 2.18. The second kappa shape index (κ2) is 6.76. The van der Waals surface area contributed by atoms with Crippen LogP contribution in [-0.4, -0.2) is 29.4 Å². The second-order valence-electron chi connectivity index (χ2n) is 3.59. The Morgan fingerprint density at radius 2 is 2.07 bits per heavy atom. The van der Waals surface area contributed by atoms with Crippen LogP contribution in [0.4, 0.5) is 0 Å². The number of unbranched alkanes of at least 4 members (excludes halogenated alkanes) is 2. The van der Waals surface area contributed by atoms with Gasteiger partial charge in [-0.1, -0.05) is 32.0 Å². The van der Waals surface area contributed by atoms with E-state index in [2.05, 4.69) is 6.92 Å². The zero-order chi connectivity index (χ0) is 11.1. The largest absolute Gasteiger partial charge is 0.393 e. The smallest absolute Gasteiger partial charge is 0.231 e. The second-order valence-corrected chi connectivity index (χ2v) is 4.06. The summed E-state index contributed by atoms with van der Waals surface area (Å²) in [6.45, 7) is 4.68. The van der Waals surface area contributed by atoms with Crippen molar-refractivity contribution in [3.63, 3.8) is 0 Å². The fourth-order valence-electron chi connectivity index (χ4n) is 1.16.